The molecule has 0 aromatic carbocycles. The molecular weight excluding hydrogens is 370 g/mol. The molecule has 0 unspecified atom stereocenters. The van der Waals surface area contributed by atoms with E-state index >= 15 is 0 Å². The highest BCUT2D eigenvalue weighted by molar-refractivity contribution is 5.99. The van der Waals surface area contributed by atoms with Crippen LogP contribution in [0.1, 0.15) is 83.0 Å². The molecule has 4 heteroatoms. The van der Waals surface area contributed by atoms with Gasteiger partial charge in [-0.1, -0.05) is 51.9 Å². The van der Waals surface area contributed by atoms with E-state index in [0.29, 0.717) is 6.61 Å². The van der Waals surface area contributed by atoms with Crippen LogP contribution in [0.2, 0.25) is 0 Å². The number of unbranched alkanes of at least 4 members (excludes halogenated alkanes) is 7. The van der Waals surface area contributed by atoms with Crippen LogP contribution < -0.4 is 4.74 Å². The molecule has 0 radical (unpaired) electrons. The third-order valence-corrected chi connectivity index (χ3v) is 5.53. The molecule has 2 aromatic heterocycles. The zero-order chi connectivity index (χ0) is 21.2. The Balaban J connectivity index is 1.55. The molecule has 0 bridgehead atoms. The van der Waals surface area contributed by atoms with Crippen LogP contribution in [-0.4, -0.2) is 22.3 Å². The van der Waals surface area contributed by atoms with Crippen molar-refractivity contribution in [2.24, 2.45) is 4.99 Å². The summed E-state index contributed by atoms with van der Waals surface area (Å²) >= 11 is 0. The van der Waals surface area contributed by atoms with Crippen LogP contribution in [0.3, 0.4) is 0 Å². The minimum absolute atomic E-state index is 0.639. The number of ether oxygens (including phenoxy) is 1. The fourth-order valence-corrected chi connectivity index (χ4v) is 3.87. The predicted molar refractivity (Wildman–Crippen MR) is 128 cm³/mol. The summed E-state index contributed by atoms with van der Waals surface area (Å²) in [6, 6.07) is 6.23. The molecule has 0 aliphatic carbocycles. The summed E-state index contributed by atoms with van der Waals surface area (Å²) < 4.78 is 5.85. The molecule has 4 nitrogen and oxygen atoms in total. The van der Waals surface area contributed by atoms with Crippen LogP contribution in [0.5, 0.6) is 5.75 Å². The number of H-pyrrole nitrogens is 2. The molecule has 30 heavy (non-hydrogen) atoms. The Morgan fingerprint density at radius 1 is 0.900 bits per heavy atom. The first-order valence-corrected chi connectivity index (χ1v) is 11.7. The molecule has 3 rings (SSSR count). The molecular formula is C26H37N3O. The van der Waals surface area contributed by atoms with Gasteiger partial charge in [0.25, 0.3) is 0 Å². The maximum Gasteiger partial charge on any atom is 0.144 e. The number of rotatable bonds is 13. The number of hydrogen-bond donors (Lipinski definition) is 2. The van der Waals surface area contributed by atoms with Gasteiger partial charge in [0, 0.05) is 17.5 Å². The molecule has 2 N–H and O–H groups in total. The second-order valence-electron chi connectivity index (χ2n) is 8.18. The molecule has 2 aromatic rings. The first kappa shape index (κ1) is 22.2. The van der Waals surface area contributed by atoms with Crippen molar-refractivity contribution in [3.63, 3.8) is 0 Å². The number of aryl methyl sites for hydroxylation is 1. The topological polar surface area (TPSA) is 53.2 Å². The van der Waals surface area contributed by atoms with Crippen LogP contribution in [-0.2, 0) is 0 Å². The second kappa shape index (κ2) is 11.6. The summed E-state index contributed by atoms with van der Waals surface area (Å²) in [6.45, 7) is 6.98. The van der Waals surface area contributed by atoms with E-state index in [-0.39, 0.29) is 0 Å². The molecule has 0 saturated carbocycles. The number of nitrogens with one attached hydrogen (secondary N) is 2. The van der Waals surface area contributed by atoms with Gasteiger partial charge in [0.1, 0.15) is 5.75 Å². The average molecular weight is 408 g/mol. The first-order valence-electron chi connectivity index (χ1n) is 11.7. The Kier molecular flexibility index (Phi) is 8.61. The van der Waals surface area contributed by atoms with Crippen molar-refractivity contribution in [2.75, 3.05) is 6.61 Å². The van der Waals surface area contributed by atoms with E-state index in [4.69, 9.17) is 9.73 Å². The number of aromatic amines is 2. The lowest BCUT2D eigenvalue weighted by molar-refractivity contribution is 0.340. The Bertz CT molecular complexity index is 882. The normalized spacial score (nSPS) is 14.6. The average Bonchev–Trinajstić information content (AvgIpc) is 3.46. The summed E-state index contributed by atoms with van der Waals surface area (Å²) in [5, 5.41) is 0. The number of aromatic nitrogens is 2. The van der Waals surface area contributed by atoms with E-state index in [1.807, 2.05) is 6.92 Å². The van der Waals surface area contributed by atoms with Crippen LogP contribution in [0.15, 0.2) is 41.0 Å². The SMILES string of the molecule is CCCCCCCCCCC1=N/C(=C/c2[nH]c(-c3ccc(C)[nH]3)cc2OCC)C=C1. The van der Waals surface area contributed by atoms with E-state index in [9.17, 15) is 0 Å². The lowest BCUT2D eigenvalue weighted by Gasteiger charge is -2.02. The van der Waals surface area contributed by atoms with Crippen molar-refractivity contribution in [3.8, 4) is 17.1 Å². The minimum atomic E-state index is 0.639. The molecule has 0 saturated heterocycles. The highest BCUT2D eigenvalue weighted by Gasteiger charge is 2.12. The van der Waals surface area contributed by atoms with Gasteiger partial charge >= 0.3 is 0 Å². The molecule has 1 aliphatic rings. The van der Waals surface area contributed by atoms with Crippen LogP contribution in [0.4, 0.5) is 0 Å². The predicted octanol–water partition coefficient (Wildman–Crippen LogP) is 7.60. The largest absolute Gasteiger partial charge is 0.492 e. The van der Waals surface area contributed by atoms with Crippen LogP contribution in [0.25, 0.3) is 17.5 Å². The minimum Gasteiger partial charge on any atom is -0.492 e. The first-order chi connectivity index (χ1) is 14.7. The maximum atomic E-state index is 5.85. The molecule has 3 heterocycles. The Morgan fingerprint density at radius 2 is 1.67 bits per heavy atom. The standard InChI is InChI=1S/C26H37N3O/c1-4-6-7-8-9-10-11-12-13-21-15-16-22(28-21)18-25-26(30-5-2)19-24(29-25)23-17-14-20(3)27-23/h14-19,27,29H,4-13H2,1-3H3/b22-18+. The van der Waals surface area contributed by atoms with Crippen molar-refractivity contribution in [1.82, 2.24) is 9.97 Å². The molecule has 162 valence electrons. The number of hydrogen-bond acceptors (Lipinski definition) is 2. The highest BCUT2D eigenvalue weighted by Crippen LogP contribution is 2.29. The Morgan fingerprint density at radius 3 is 2.37 bits per heavy atom. The Labute approximate surface area is 181 Å². The molecule has 0 amide bonds. The van der Waals surface area contributed by atoms with Crippen molar-refractivity contribution >= 4 is 11.8 Å². The molecule has 0 atom stereocenters. The summed E-state index contributed by atoms with van der Waals surface area (Å²) in [6.07, 6.45) is 18.2. The molecule has 0 fully saturated rings. The second-order valence-corrected chi connectivity index (χ2v) is 8.18. The van der Waals surface area contributed by atoms with Gasteiger partial charge in [-0.2, -0.15) is 0 Å². The third kappa shape index (κ3) is 6.51. The van der Waals surface area contributed by atoms with Gasteiger partial charge in [-0.3, -0.25) is 4.99 Å². The van der Waals surface area contributed by atoms with Gasteiger partial charge in [-0.05, 0) is 57.0 Å². The van der Waals surface area contributed by atoms with Gasteiger partial charge in [0.15, 0.2) is 0 Å². The van der Waals surface area contributed by atoms with E-state index < -0.39 is 0 Å². The van der Waals surface area contributed by atoms with Crippen molar-refractivity contribution < 1.29 is 4.74 Å². The number of aliphatic imine (C=N–C) groups is 1. The van der Waals surface area contributed by atoms with E-state index in [1.54, 1.807) is 0 Å². The summed E-state index contributed by atoms with van der Waals surface area (Å²) in [4.78, 5) is 11.7. The zero-order valence-electron chi connectivity index (χ0n) is 18.9. The lowest BCUT2D eigenvalue weighted by Crippen LogP contribution is -1.92. The van der Waals surface area contributed by atoms with Gasteiger partial charge in [0.2, 0.25) is 0 Å². The van der Waals surface area contributed by atoms with Gasteiger partial charge in [-0.25, -0.2) is 0 Å². The number of nitrogens with zero attached hydrogens (tertiary/aromatic N) is 1. The van der Waals surface area contributed by atoms with E-state index in [1.165, 1.54) is 57.1 Å². The highest BCUT2D eigenvalue weighted by atomic mass is 16.5. The van der Waals surface area contributed by atoms with Crippen molar-refractivity contribution in [2.45, 2.75) is 78.6 Å². The van der Waals surface area contributed by atoms with Crippen molar-refractivity contribution in [3.05, 3.63) is 47.4 Å². The Hall–Kier alpha value is -2.49. The maximum absolute atomic E-state index is 5.85. The quantitative estimate of drug-likeness (QED) is 0.330. The van der Waals surface area contributed by atoms with Crippen LogP contribution >= 0.6 is 0 Å². The fourth-order valence-electron chi connectivity index (χ4n) is 3.87. The number of allylic oxidation sites excluding steroid dienone is 2. The van der Waals surface area contributed by atoms with Crippen LogP contribution in [0, 0.1) is 6.92 Å². The summed E-state index contributed by atoms with van der Waals surface area (Å²) in [7, 11) is 0. The van der Waals surface area contributed by atoms with Gasteiger partial charge in [0.05, 0.1) is 29.4 Å². The summed E-state index contributed by atoms with van der Waals surface area (Å²) in [5.74, 6) is 0.868. The van der Waals surface area contributed by atoms with Gasteiger partial charge < -0.3 is 14.7 Å². The van der Waals surface area contributed by atoms with E-state index in [0.717, 1.165) is 40.6 Å². The van der Waals surface area contributed by atoms with E-state index in [2.05, 4.69) is 60.2 Å². The smallest absolute Gasteiger partial charge is 0.144 e. The zero-order valence-corrected chi connectivity index (χ0v) is 18.9. The monoisotopic (exact) mass is 407 g/mol. The fraction of sp³-hybridized carbons (Fsp3) is 0.500. The molecule has 0 spiro atoms. The third-order valence-electron chi connectivity index (χ3n) is 5.53. The lowest BCUT2D eigenvalue weighted by atomic mass is 10.1. The molecule has 1 aliphatic heterocycles. The van der Waals surface area contributed by atoms with Crippen molar-refractivity contribution in [1.29, 1.82) is 0 Å². The van der Waals surface area contributed by atoms with Gasteiger partial charge in [-0.15, -0.1) is 0 Å². The summed E-state index contributed by atoms with van der Waals surface area (Å²) in [5.41, 5.74) is 6.39.